The van der Waals surface area contributed by atoms with E-state index in [1.54, 1.807) is 18.4 Å². The summed E-state index contributed by atoms with van der Waals surface area (Å²) in [6.45, 7) is 6.24. The summed E-state index contributed by atoms with van der Waals surface area (Å²) in [4.78, 5) is 0. The second-order valence-corrected chi connectivity index (χ2v) is 10.9. The van der Waals surface area contributed by atoms with Crippen LogP contribution in [-0.2, 0) is 20.0 Å². The number of nitrogens with zero attached hydrogens (tertiary/aromatic N) is 1. The Morgan fingerprint density at radius 2 is 1.91 bits per heavy atom. The van der Waals surface area contributed by atoms with Gasteiger partial charge < -0.3 is 0 Å². The number of hydrogen-bond acceptors (Lipinski definition) is 5. The molecule has 0 unspecified atom stereocenters. The first-order valence-corrected chi connectivity index (χ1v) is 11.2. The first kappa shape index (κ1) is 17.9. The van der Waals surface area contributed by atoms with Crippen LogP contribution in [0.15, 0.2) is 15.7 Å². The van der Waals surface area contributed by atoms with Crippen molar-refractivity contribution in [1.82, 2.24) is 9.03 Å². The maximum absolute atomic E-state index is 12.8. The lowest BCUT2D eigenvalue weighted by Crippen LogP contribution is -2.41. The molecule has 0 saturated carbocycles. The Kier molecular flexibility index (Phi) is 5.03. The molecule has 1 aromatic rings. The number of sulfonamides is 2. The Morgan fingerprint density at radius 3 is 2.36 bits per heavy atom. The van der Waals surface area contributed by atoms with Crippen LogP contribution in [0.2, 0.25) is 0 Å². The van der Waals surface area contributed by atoms with Gasteiger partial charge in [-0.2, -0.15) is 4.31 Å². The minimum atomic E-state index is -3.56. The van der Waals surface area contributed by atoms with E-state index in [9.17, 15) is 16.8 Å². The van der Waals surface area contributed by atoms with E-state index in [0.717, 1.165) is 11.8 Å². The van der Waals surface area contributed by atoms with Crippen molar-refractivity contribution in [3.8, 4) is 0 Å². The van der Waals surface area contributed by atoms with Crippen molar-refractivity contribution >= 4 is 31.4 Å². The average molecular weight is 367 g/mol. The highest BCUT2D eigenvalue weighted by Crippen LogP contribution is 2.32. The minimum Gasteiger partial charge on any atom is -0.213 e. The van der Waals surface area contributed by atoms with Crippen LogP contribution in [0.3, 0.4) is 0 Å². The first-order chi connectivity index (χ1) is 10.0. The van der Waals surface area contributed by atoms with Crippen LogP contribution in [0.1, 0.15) is 19.4 Å². The van der Waals surface area contributed by atoms with Gasteiger partial charge in [-0.25, -0.2) is 21.6 Å². The summed E-state index contributed by atoms with van der Waals surface area (Å²) < 4.78 is 52.9. The van der Waals surface area contributed by atoms with Crippen LogP contribution < -0.4 is 4.72 Å². The molecule has 0 aliphatic carbocycles. The second-order valence-electron chi connectivity index (χ2n) is 6.12. The van der Waals surface area contributed by atoms with Crippen LogP contribution in [0.25, 0.3) is 0 Å². The summed E-state index contributed by atoms with van der Waals surface area (Å²) in [5.74, 6) is 0.147. The molecular weight excluding hydrogens is 344 g/mol. The molecule has 0 spiro atoms. The van der Waals surface area contributed by atoms with Crippen LogP contribution >= 0.6 is 11.3 Å². The number of thiophene rings is 1. The lowest BCUT2D eigenvalue weighted by molar-refractivity contribution is 0.356. The molecule has 1 aliphatic heterocycles. The summed E-state index contributed by atoms with van der Waals surface area (Å²) in [6.07, 6.45) is 1.10. The zero-order valence-corrected chi connectivity index (χ0v) is 15.6. The van der Waals surface area contributed by atoms with E-state index >= 15 is 0 Å². The van der Waals surface area contributed by atoms with Crippen molar-refractivity contribution in [1.29, 1.82) is 0 Å². The van der Waals surface area contributed by atoms with E-state index < -0.39 is 20.0 Å². The molecule has 1 N–H and O–H groups in total. The van der Waals surface area contributed by atoms with Crippen molar-refractivity contribution in [3.63, 3.8) is 0 Å². The maximum atomic E-state index is 12.8. The first-order valence-electron chi connectivity index (χ1n) is 7.04. The zero-order chi connectivity index (χ0) is 16.7. The summed E-state index contributed by atoms with van der Waals surface area (Å²) in [5, 5.41) is 1.75. The molecule has 1 aliphatic rings. The molecule has 0 radical (unpaired) electrons. The molecule has 0 aromatic carbocycles. The highest BCUT2D eigenvalue weighted by atomic mass is 32.2. The quantitative estimate of drug-likeness (QED) is 0.850. The van der Waals surface area contributed by atoms with Gasteiger partial charge in [0.1, 0.15) is 4.21 Å². The van der Waals surface area contributed by atoms with Crippen LogP contribution in [0.4, 0.5) is 0 Å². The van der Waals surface area contributed by atoms with Crippen molar-refractivity contribution in [3.05, 3.63) is 17.0 Å². The molecule has 0 amide bonds. The third-order valence-corrected chi connectivity index (χ3v) is 8.17. The van der Waals surface area contributed by atoms with E-state index in [-0.39, 0.29) is 24.4 Å². The van der Waals surface area contributed by atoms with Gasteiger partial charge in [-0.05, 0) is 35.8 Å². The summed E-state index contributed by atoms with van der Waals surface area (Å²) >= 11 is 1.20. The summed E-state index contributed by atoms with van der Waals surface area (Å²) in [6, 6.07) is 1.39. The average Bonchev–Trinajstić information content (AvgIpc) is 2.93. The van der Waals surface area contributed by atoms with Gasteiger partial charge in [0.2, 0.25) is 10.0 Å². The summed E-state index contributed by atoms with van der Waals surface area (Å²) in [7, 11) is -6.94. The van der Waals surface area contributed by atoms with Crippen molar-refractivity contribution in [2.75, 3.05) is 19.3 Å². The van der Waals surface area contributed by atoms with E-state index in [4.69, 9.17) is 0 Å². The Bertz CT molecular complexity index is 737. The minimum absolute atomic E-state index is 0.0373. The van der Waals surface area contributed by atoms with Crippen molar-refractivity contribution in [2.45, 2.75) is 31.0 Å². The fraction of sp³-hybridized carbons (Fsp3) is 0.692. The van der Waals surface area contributed by atoms with Gasteiger partial charge in [0.25, 0.3) is 10.0 Å². The predicted molar refractivity (Wildman–Crippen MR) is 87.9 cm³/mol. The fourth-order valence-electron chi connectivity index (χ4n) is 2.80. The molecule has 6 nitrogen and oxygen atoms in total. The van der Waals surface area contributed by atoms with Crippen LogP contribution in [-0.4, -0.2) is 46.5 Å². The largest absolute Gasteiger partial charge is 0.252 e. The second kappa shape index (κ2) is 6.20. The van der Waals surface area contributed by atoms with Gasteiger partial charge in [0.15, 0.2) is 0 Å². The Morgan fingerprint density at radius 1 is 1.27 bits per heavy atom. The molecule has 126 valence electrons. The van der Waals surface area contributed by atoms with Crippen molar-refractivity contribution in [2.24, 2.45) is 11.8 Å². The zero-order valence-electron chi connectivity index (χ0n) is 13.1. The molecule has 22 heavy (non-hydrogen) atoms. The highest BCUT2D eigenvalue weighted by molar-refractivity contribution is 7.91. The molecule has 2 atom stereocenters. The van der Waals surface area contributed by atoms with Gasteiger partial charge in [-0.15, -0.1) is 11.3 Å². The van der Waals surface area contributed by atoms with Crippen molar-refractivity contribution < 1.29 is 16.8 Å². The number of hydrogen-bond donors (Lipinski definition) is 1. The molecule has 2 rings (SSSR count). The van der Waals surface area contributed by atoms with Gasteiger partial charge in [0, 0.05) is 19.1 Å². The Balaban J connectivity index is 2.30. The number of aryl methyl sites for hydroxylation is 1. The lowest BCUT2D eigenvalue weighted by Gasteiger charge is -2.21. The van der Waals surface area contributed by atoms with Crippen LogP contribution in [0, 0.1) is 18.8 Å². The van der Waals surface area contributed by atoms with E-state index in [1.165, 1.54) is 15.6 Å². The van der Waals surface area contributed by atoms with Gasteiger partial charge in [0.05, 0.1) is 6.26 Å². The number of rotatable bonds is 5. The number of nitrogens with one attached hydrogen (secondary N) is 1. The molecule has 1 saturated heterocycles. The summed E-state index contributed by atoms with van der Waals surface area (Å²) in [5.41, 5.74) is 0.727. The molecule has 1 fully saturated rings. The van der Waals surface area contributed by atoms with Gasteiger partial charge >= 0.3 is 0 Å². The molecule has 0 bridgehead atoms. The molecule has 2 heterocycles. The standard InChI is InChI=1S/C13H22N2O4S3/c1-9(2)11-7-15(8-12(11)14-21(4,16)17)22(18,19)13-10(3)5-6-20-13/h5-6,9,11-12,14H,7-8H2,1-4H3/t11-,12+/m0/s1. The topological polar surface area (TPSA) is 83.6 Å². The Labute approximate surface area is 136 Å². The monoisotopic (exact) mass is 366 g/mol. The predicted octanol–water partition coefficient (Wildman–Crippen LogP) is 1.25. The van der Waals surface area contributed by atoms with E-state index in [1.807, 2.05) is 13.8 Å². The smallest absolute Gasteiger partial charge is 0.213 e. The van der Waals surface area contributed by atoms with Crippen LogP contribution in [0.5, 0.6) is 0 Å². The maximum Gasteiger partial charge on any atom is 0.252 e. The third-order valence-electron chi connectivity index (χ3n) is 3.94. The molecular formula is C13H22N2O4S3. The van der Waals surface area contributed by atoms with E-state index in [2.05, 4.69) is 4.72 Å². The SMILES string of the molecule is Cc1ccsc1S(=O)(=O)N1C[C@@H](NS(C)(=O)=O)[C@H](C(C)C)C1. The normalized spacial score (nSPS) is 24.2. The lowest BCUT2D eigenvalue weighted by atomic mass is 9.92. The van der Waals surface area contributed by atoms with Gasteiger partial charge in [-0.1, -0.05) is 13.8 Å². The fourth-order valence-corrected chi connectivity index (χ4v) is 6.66. The van der Waals surface area contributed by atoms with E-state index in [0.29, 0.717) is 10.8 Å². The highest BCUT2D eigenvalue weighted by Gasteiger charge is 2.42. The van der Waals surface area contributed by atoms with Gasteiger partial charge in [-0.3, -0.25) is 0 Å². The third kappa shape index (κ3) is 3.70. The molecule has 1 aromatic heterocycles. The molecule has 9 heteroatoms. The Hall–Kier alpha value is -0.480.